The summed E-state index contributed by atoms with van der Waals surface area (Å²) in [5.74, 6) is 4.89. The van der Waals surface area contributed by atoms with Crippen LogP contribution in [-0.2, 0) is 6.42 Å². The van der Waals surface area contributed by atoms with Crippen molar-refractivity contribution in [3.8, 4) is 0 Å². The molecule has 0 spiro atoms. The van der Waals surface area contributed by atoms with Gasteiger partial charge in [0.25, 0.3) is 0 Å². The molecule has 0 saturated carbocycles. The Morgan fingerprint density at radius 3 is 3.06 bits per heavy atom. The molecule has 2 N–H and O–H groups in total. The molecule has 1 aliphatic rings. The van der Waals surface area contributed by atoms with E-state index in [4.69, 9.17) is 5.73 Å². The van der Waals surface area contributed by atoms with Gasteiger partial charge in [0.1, 0.15) is 17.5 Å². The number of nitrogens with zero attached hydrogens (tertiary/aromatic N) is 3. The lowest BCUT2D eigenvalue weighted by Crippen LogP contribution is -2.27. The van der Waals surface area contributed by atoms with Gasteiger partial charge in [-0.1, -0.05) is 6.92 Å². The maximum atomic E-state index is 5.85. The minimum atomic E-state index is 0.593. The second-order valence-electron chi connectivity index (χ2n) is 4.27. The Morgan fingerprint density at radius 2 is 2.24 bits per heavy atom. The van der Waals surface area contributed by atoms with Gasteiger partial charge in [-0.15, -0.1) is 0 Å². The van der Waals surface area contributed by atoms with Crippen molar-refractivity contribution in [1.82, 2.24) is 9.97 Å². The Hall–Kier alpha value is -0.970. The van der Waals surface area contributed by atoms with Crippen LogP contribution in [0.15, 0.2) is 6.07 Å². The first kappa shape index (κ1) is 12.5. The SMILES string of the molecule is CCCc1nc(N)cc(N2CCCSCC2)n1. The summed E-state index contributed by atoms with van der Waals surface area (Å²) >= 11 is 2.02. The molecule has 1 aromatic heterocycles. The van der Waals surface area contributed by atoms with Gasteiger partial charge in [0.15, 0.2) is 0 Å². The Labute approximate surface area is 107 Å². The van der Waals surface area contributed by atoms with Crippen molar-refractivity contribution in [3.63, 3.8) is 0 Å². The molecule has 1 saturated heterocycles. The number of nitrogens with two attached hydrogens (primary N) is 1. The van der Waals surface area contributed by atoms with Gasteiger partial charge in [-0.2, -0.15) is 11.8 Å². The predicted molar refractivity (Wildman–Crippen MR) is 74.6 cm³/mol. The van der Waals surface area contributed by atoms with Crippen molar-refractivity contribution >= 4 is 23.4 Å². The second kappa shape index (κ2) is 6.10. The molecule has 0 atom stereocenters. The van der Waals surface area contributed by atoms with E-state index >= 15 is 0 Å². The van der Waals surface area contributed by atoms with E-state index < -0.39 is 0 Å². The van der Waals surface area contributed by atoms with Gasteiger partial charge in [0.05, 0.1) is 0 Å². The normalized spacial score (nSPS) is 16.9. The zero-order valence-electron chi connectivity index (χ0n) is 10.4. The number of aryl methyl sites for hydroxylation is 1. The standard InChI is InChI=1S/C12H20N4S/c1-2-4-11-14-10(13)9-12(15-11)16-5-3-7-17-8-6-16/h9H,2-8H2,1H3,(H2,13,14,15). The molecule has 2 rings (SSSR count). The Morgan fingerprint density at radius 1 is 1.35 bits per heavy atom. The molecule has 1 aromatic rings. The summed E-state index contributed by atoms with van der Waals surface area (Å²) in [5, 5.41) is 0. The molecule has 0 unspecified atom stereocenters. The minimum Gasteiger partial charge on any atom is -0.384 e. The molecule has 17 heavy (non-hydrogen) atoms. The van der Waals surface area contributed by atoms with Crippen molar-refractivity contribution in [2.45, 2.75) is 26.2 Å². The van der Waals surface area contributed by atoms with E-state index in [1.54, 1.807) is 0 Å². The highest BCUT2D eigenvalue weighted by molar-refractivity contribution is 7.99. The third-order valence-electron chi connectivity index (χ3n) is 2.80. The van der Waals surface area contributed by atoms with Crippen molar-refractivity contribution in [2.75, 3.05) is 35.2 Å². The van der Waals surface area contributed by atoms with Gasteiger partial charge in [0, 0.05) is 31.3 Å². The smallest absolute Gasteiger partial charge is 0.134 e. The van der Waals surface area contributed by atoms with Gasteiger partial charge in [-0.3, -0.25) is 0 Å². The van der Waals surface area contributed by atoms with Crippen LogP contribution in [0.4, 0.5) is 11.6 Å². The largest absolute Gasteiger partial charge is 0.384 e. The topological polar surface area (TPSA) is 55.0 Å². The number of hydrogen-bond acceptors (Lipinski definition) is 5. The summed E-state index contributed by atoms with van der Waals surface area (Å²) in [6.07, 6.45) is 3.18. The first-order valence-corrected chi connectivity index (χ1v) is 7.41. The number of nitrogen functional groups attached to an aromatic ring is 1. The van der Waals surface area contributed by atoms with E-state index in [1.807, 2.05) is 17.8 Å². The number of thioether (sulfide) groups is 1. The average Bonchev–Trinajstić information content (AvgIpc) is 2.57. The molecule has 0 radical (unpaired) electrons. The van der Waals surface area contributed by atoms with Gasteiger partial charge in [-0.25, -0.2) is 9.97 Å². The first-order chi connectivity index (χ1) is 8.29. The maximum Gasteiger partial charge on any atom is 0.134 e. The summed E-state index contributed by atoms with van der Waals surface area (Å²) in [6.45, 7) is 4.27. The summed E-state index contributed by atoms with van der Waals surface area (Å²) in [7, 11) is 0. The number of rotatable bonds is 3. The van der Waals surface area contributed by atoms with Crippen molar-refractivity contribution < 1.29 is 0 Å². The fourth-order valence-electron chi connectivity index (χ4n) is 1.98. The van der Waals surface area contributed by atoms with Gasteiger partial charge in [0.2, 0.25) is 0 Å². The van der Waals surface area contributed by atoms with Crippen LogP contribution in [0.25, 0.3) is 0 Å². The second-order valence-corrected chi connectivity index (χ2v) is 5.49. The van der Waals surface area contributed by atoms with Crippen molar-refractivity contribution in [2.24, 2.45) is 0 Å². The summed E-state index contributed by atoms with van der Waals surface area (Å²) < 4.78 is 0. The fraction of sp³-hybridized carbons (Fsp3) is 0.667. The van der Waals surface area contributed by atoms with Crippen LogP contribution in [0, 0.1) is 0 Å². The molecular formula is C12H20N4S. The molecule has 5 heteroatoms. The highest BCUT2D eigenvalue weighted by atomic mass is 32.2. The van der Waals surface area contributed by atoms with Gasteiger partial charge >= 0.3 is 0 Å². The van der Waals surface area contributed by atoms with Crippen LogP contribution in [0.5, 0.6) is 0 Å². The predicted octanol–water partition coefficient (Wildman–Crippen LogP) is 1.95. The third kappa shape index (κ3) is 3.49. The lowest BCUT2D eigenvalue weighted by atomic mass is 10.3. The van der Waals surface area contributed by atoms with E-state index in [-0.39, 0.29) is 0 Å². The molecule has 0 amide bonds. The molecule has 4 nitrogen and oxygen atoms in total. The van der Waals surface area contributed by atoms with Crippen LogP contribution < -0.4 is 10.6 Å². The van der Waals surface area contributed by atoms with Crippen molar-refractivity contribution in [1.29, 1.82) is 0 Å². The lowest BCUT2D eigenvalue weighted by molar-refractivity contribution is 0.776. The van der Waals surface area contributed by atoms with Crippen LogP contribution >= 0.6 is 11.8 Å². The molecular weight excluding hydrogens is 232 g/mol. The van der Waals surface area contributed by atoms with E-state index in [1.165, 1.54) is 17.9 Å². The van der Waals surface area contributed by atoms with Gasteiger partial charge in [-0.05, 0) is 18.6 Å². The molecule has 0 bridgehead atoms. The summed E-state index contributed by atoms with van der Waals surface area (Å²) in [6, 6.07) is 1.90. The molecule has 1 fully saturated rings. The van der Waals surface area contributed by atoms with E-state index in [0.717, 1.165) is 37.6 Å². The Balaban J connectivity index is 2.17. The van der Waals surface area contributed by atoms with E-state index in [9.17, 15) is 0 Å². The lowest BCUT2D eigenvalue weighted by Gasteiger charge is -2.21. The van der Waals surface area contributed by atoms with E-state index in [0.29, 0.717) is 5.82 Å². The number of hydrogen-bond donors (Lipinski definition) is 1. The summed E-state index contributed by atoms with van der Waals surface area (Å²) in [4.78, 5) is 11.2. The highest BCUT2D eigenvalue weighted by Crippen LogP contribution is 2.19. The first-order valence-electron chi connectivity index (χ1n) is 6.25. The fourth-order valence-corrected chi connectivity index (χ4v) is 2.86. The van der Waals surface area contributed by atoms with Crippen LogP contribution in [-0.4, -0.2) is 34.6 Å². The zero-order valence-corrected chi connectivity index (χ0v) is 11.2. The molecule has 0 aliphatic carbocycles. The Kier molecular flexibility index (Phi) is 4.48. The third-order valence-corrected chi connectivity index (χ3v) is 3.85. The number of aromatic nitrogens is 2. The minimum absolute atomic E-state index is 0.593. The zero-order chi connectivity index (χ0) is 12.1. The Bertz CT molecular complexity index is 362. The van der Waals surface area contributed by atoms with Crippen LogP contribution in [0.2, 0.25) is 0 Å². The molecule has 94 valence electrons. The highest BCUT2D eigenvalue weighted by Gasteiger charge is 2.13. The average molecular weight is 252 g/mol. The van der Waals surface area contributed by atoms with Crippen LogP contribution in [0.3, 0.4) is 0 Å². The maximum absolute atomic E-state index is 5.85. The van der Waals surface area contributed by atoms with Crippen LogP contribution in [0.1, 0.15) is 25.6 Å². The molecule has 1 aliphatic heterocycles. The monoisotopic (exact) mass is 252 g/mol. The molecule has 2 heterocycles. The summed E-state index contributed by atoms with van der Waals surface area (Å²) in [5.41, 5.74) is 5.85. The molecule has 0 aromatic carbocycles. The number of anilines is 2. The van der Waals surface area contributed by atoms with E-state index in [2.05, 4.69) is 21.8 Å². The van der Waals surface area contributed by atoms with Crippen molar-refractivity contribution in [3.05, 3.63) is 11.9 Å². The van der Waals surface area contributed by atoms with Gasteiger partial charge < -0.3 is 10.6 Å². The quantitative estimate of drug-likeness (QED) is 0.891.